The van der Waals surface area contributed by atoms with Crippen molar-refractivity contribution in [2.45, 2.75) is 17.9 Å². The van der Waals surface area contributed by atoms with Gasteiger partial charge in [-0.15, -0.1) is 0 Å². The summed E-state index contributed by atoms with van der Waals surface area (Å²) in [5.74, 6) is 0.777. The van der Waals surface area contributed by atoms with Crippen LogP contribution in [0.15, 0.2) is 53.4 Å². The number of nitrogens with one attached hydrogen (secondary N) is 1. The Balaban J connectivity index is 2.31. The molecule has 0 aliphatic rings. The molecule has 0 fully saturated rings. The second kappa shape index (κ2) is 6.81. The Labute approximate surface area is 130 Å². The molecule has 2 rings (SSSR count). The summed E-state index contributed by atoms with van der Waals surface area (Å²) >= 11 is 0. The molecule has 0 heterocycles. The summed E-state index contributed by atoms with van der Waals surface area (Å²) in [4.78, 5) is 0.0820. The first-order valence-electron chi connectivity index (χ1n) is 6.77. The number of methoxy groups -OCH3 is 2. The van der Waals surface area contributed by atoms with E-state index in [-0.39, 0.29) is 16.7 Å². The molecule has 0 spiro atoms. The molecular formula is C16H19NO4S. The zero-order valence-corrected chi connectivity index (χ0v) is 13.6. The minimum Gasteiger partial charge on any atom is -0.497 e. The summed E-state index contributed by atoms with van der Waals surface area (Å²) in [5, 5.41) is 0. The maximum atomic E-state index is 12.6. The van der Waals surface area contributed by atoms with E-state index in [1.54, 1.807) is 19.1 Å². The fourth-order valence-electron chi connectivity index (χ4n) is 2.10. The lowest BCUT2D eigenvalue weighted by Crippen LogP contribution is -2.27. The van der Waals surface area contributed by atoms with Gasteiger partial charge < -0.3 is 9.47 Å². The van der Waals surface area contributed by atoms with Crippen molar-refractivity contribution < 1.29 is 17.9 Å². The molecule has 1 N–H and O–H groups in total. The van der Waals surface area contributed by atoms with Gasteiger partial charge in [0.1, 0.15) is 16.4 Å². The monoisotopic (exact) mass is 321 g/mol. The lowest BCUT2D eigenvalue weighted by atomic mass is 10.1. The van der Waals surface area contributed by atoms with Crippen molar-refractivity contribution in [3.05, 3.63) is 54.1 Å². The summed E-state index contributed by atoms with van der Waals surface area (Å²) in [6.07, 6.45) is 0. The highest BCUT2D eigenvalue weighted by atomic mass is 32.2. The first-order chi connectivity index (χ1) is 10.5. The van der Waals surface area contributed by atoms with Gasteiger partial charge in [-0.3, -0.25) is 0 Å². The smallest absolute Gasteiger partial charge is 0.244 e. The lowest BCUT2D eigenvalue weighted by Gasteiger charge is -2.16. The minimum atomic E-state index is -3.71. The minimum absolute atomic E-state index is 0.0820. The molecule has 0 radical (unpaired) electrons. The Bertz CT molecular complexity index is 729. The van der Waals surface area contributed by atoms with E-state index in [1.807, 2.05) is 30.3 Å². The van der Waals surface area contributed by atoms with Crippen molar-refractivity contribution in [3.8, 4) is 11.5 Å². The van der Waals surface area contributed by atoms with E-state index < -0.39 is 10.0 Å². The lowest BCUT2D eigenvalue weighted by molar-refractivity contribution is 0.385. The van der Waals surface area contributed by atoms with Gasteiger partial charge in [-0.05, 0) is 24.6 Å². The Morgan fingerprint density at radius 1 is 1.00 bits per heavy atom. The van der Waals surface area contributed by atoms with E-state index in [4.69, 9.17) is 9.47 Å². The quantitative estimate of drug-likeness (QED) is 0.888. The zero-order valence-electron chi connectivity index (χ0n) is 12.7. The number of benzene rings is 2. The van der Waals surface area contributed by atoms with Gasteiger partial charge >= 0.3 is 0 Å². The summed E-state index contributed by atoms with van der Waals surface area (Å²) in [6, 6.07) is 13.6. The van der Waals surface area contributed by atoms with Crippen LogP contribution in [0.2, 0.25) is 0 Å². The van der Waals surface area contributed by atoms with Crippen LogP contribution in [0.1, 0.15) is 18.5 Å². The van der Waals surface area contributed by atoms with E-state index >= 15 is 0 Å². The predicted molar refractivity (Wildman–Crippen MR) is 84.7 cm³/mol. The molecule has 0 bridgehead atoms. The SMILES string of the molecule is COc1ccc(S(=O)(=O)NC(C)c2ccccc2)c(OC)c1. The molecule has 6 heteroatoms. The highest BCUT2D eigenvalue weighted by molar-refractivity contribution is 7.89. The predicted octanol–water partition coefficient (Wildman–Crippen LogP) is 2.74. The first kappa shape index (κ1) is 16.3. The van der Waals surface area contributed by atoms with E-state index in [0.717, 1.165) is 5.56 Å². The molecule has 5 nitrogen and oxygen atoms in total. The molecule has 0 saturated carbocycles. The van der Waals surface area contributed by atoms with Crippen LogP contribution < -0.4 is 14.2 Å². The van der Waals surface area contributed by atoms with Crippen molar-refractivity contribution >= 4 is 10.0 Å². The standard InChI is InChI=1S/C16H19NO4S/c1-12(13-7-5-4-6-8-13)17-22(18,19)16-10-9-14(20-2)11-15(16)21-3/h4-12,17H,1-3H3. The third-order valence-corrected chi connectivity index (χ3v) is 4.87. The van der Waals surface area contributed by atoms with Gasteiger partial charge in [0.2, 0.25) is 10.0 Å². The van der Waals surface area contributed by atoms with Crippen molar-refractivity contribution in [2.24, 2.45) is 0 Å². The number of sulfonamides is 1. The molecule has 2 aromatic carbocycles. The summed E-state index contributed by atoms with van der Waals surface area (Å²) in [6.45, 7) is 1.79. The molecule has 0 saturated heterocycles. The van der Waals surface area contributed by atoms with Crippen LogP contribution in [0.25, 0.3) is 0 Å². The fourth-order valence-corrected chi connectivity index (χ4v) is 3.49. The number of hydrogen-bond donors (Lipinski definition) is 1. The van der Waals surface area contributed by atoms with Crippen LogP contribution in [0.5, 0.6) is 11.5 Å². The third-order valence-electron chi connectivity index (χ3n) is 3.29. The fraction of sp³-hybridized carbons (Fsp3) is 0.250. The van der Waals surface area contributed by atoms with Gasteiger partial charge in [-0.25, -0.2) is 13.1 Å². The van der Waals surface area contributed by atoms with Crippen LogP contribution in [0.4, 0.5) is 0 Å². The molecule has 118 valence electrons. The molecule has 0 aliphatic heterocycles. The molecule has 1 atom stereocenters. The Morgan fingerprint density at radius 2 is 1.68 bits per heavy atom. The van der Waals surface area contributed by atoms with Gasteiger partial charge in [0.05, 0.1) is 14.2 Å². The van der Waals surface area contributed by atoms with Crippen molar-refractivity contribution in [1.29, 1.82) is 0 Å². The van der Waals surface area contributed by atoms with Crippen LogP contribution in [0, 0.1) is 0 Å². The molecule has 22 heavy (non-hydrogen) atoms. The number of rotatable bonds is 6. The average Bonchev–Trinajstić information content (AvgIpc) is 2.54. The van der Waals surface area contributed by atoms with Crippen molar-refractivity contribution in [1.82, 2.24) is 4.72 Å². The topological polar surface area (TPSA) is 64.6 Å². The molecule has 1 unspecified atom stereocenters. The van der Waals surface area contributed by atoms with Gasteiger partial charge in [0.15, 0.2) is 0 Å². The number of ether oxygens (including phenoxy) is 2. The van der Waals surface area contributed by atoms with Crippen LogP contribution in [-0.2, 0) is 10.0 Å². The van der Waals surface area contributed by atoms with Crippen LogP contribution in [-0.4, -0.2) is 22.6 Å². The van der Waals surface area contributed by atoms with E-state index in [1.165, 1.54) is 20.3 Å². The second-order valence-electron chi connectivity index (χ2n) is 4.77. The average molecular weight is 321 g/mol. The molecule has 0 aromatic heterocycles. The maximum Gasteiger partial charge on any atom is 0.244 e. The molecule has 0 aliphatic carbocycles. The van der Waals surface area contributed by atoms with Gasteiger partial charge in [-0.1, -0.05) is 30.3 Å². The molecule has 2 aromatic rings. The first-order valence-corrected chi connectivity index (χ1v) is 8.25. The van der Waals surface area contributed by atoms with Gasteiger partial charge in [0, 0.05) is 12.1 Å². The Morgan fingerprint density at radius 3 is 2.27 bits per heavy atom. The highest BCUT2D eigenvalue weighted by Crippen LogP contribution is 2.29. The highest BCUT2D eigenvalue weighted by Gasteiger charge is 2.22. The van der Waals surface area contributed by atoms with Gasteiger partial charge in [0.25, 0.3) is 0 Å². The second-order valence-corrected chi connectivity index (χ2v) is 6.45. The zero-order chi connectivity index (χ0) is 16.2. The van der Waals surface area contributed by atoms with E-state index in [9.17, 15) is 8.42 Å². The van der Waals surface area contributed by atoms with E-state index in [2.05, 4.69) is 4.72 Å². The van der Waals surface area contributed by atoms with E-state index in [0.29, 0.717) is 5.75 Å². The van der Waals surface area contributed by atoms with Gasteiger partial charge in [-0.2, -0.15) is 0 Å². The Kier molecular flexibility index (Phi) is 5.05. The summed E-state index contributed by atoms with van der Waals surface area (Å²) < 4.78 is 38.0. The summed E-state index contributed by atoms with van der Waals surface area (Å²) in [7, 11) is -0.768. The Hall–Kier alpha value is -2.05. The molecule has 0 amide bonds. The van der Waals surface area contributed by atoms with Crippen LogP contribution >= 0.6 is 0 Å². The van der Waals surface area contributed by atoms with Crippen LogP contribution in [0.3, 0.4) is 0 Å². The molecular weight excluding hydrogens is 302 g/mol. The van der Waals surface area contributed by atoms with Crippen molar-refractivity contribution in [3.63, 3.8) is 0 Å². The largest absolute Gasteiger partial charge is 0.497 e. The van der Waals surface area contributed by atoms with Crippen molar-refractivity contribution in [2.75, 3.05) is 14.2 Å². The maximum absolute atomic E-state index is 12.6. The summed E-state index contributed by atoms with van der Waals surface area (Å²) in [5.41, 5.74) is 0.888. The third kappa shape index (κ3) is 3.58. The normalized spacial score (nSPS) is 12.7. The number of hydrogen-bond acceptors (Lipinski definition) is 4.